The van der Waals surface area contributed by atoms with E-state index in [1.165, 1.54) is 16.6 Å². The highest BCUT2D eigenvalue weighted by Gasteiger charge is 2.34. The summed E-state index contributed by atoms with van der Waals surface area (Å²) in [4.78, 5) is 32.2. The minimum Gasteiger partial charge on any atom is -0.466 e. The Labute approximate surface area is 228 Å². The molecular formula is C28H28F3N5O4. The molecule has 4 rings (SSSR count). The highest BCUT2D eigenvalue weighted by atomic mass is 19.4. The number of carbonyl (C=O) groups is 2. The van der Waals surface area contributed by atoms with Gasteiger partial charge in [0.1, 0.15) is 5.69 Å². The summed E-state index contributed by atoms with van der Waals surface area (Å²) in [5.41, 5.74) is 1.78. The summed E-state index contributed by atoms with van der Waals surface area (Å²) in [5, 5.41) is 7.39. The van der Waals surface area contributed by atoms with Gasteiger partial charge in [0.15, 0.2) is 12.3 Å². The third-order valence-electron chi connectivity index (χ3n) is 5.81. The van der Waals surface area contributed by atoms with Crippen molar-refractivity contribution in [3.05, 3.63) is 59.9 Å². The van der Waals surface area contributed by atoms with E-state index in [-0.39, 0.29) is 23.8 Å². The number of nitrogens with one attached hydrogen (secondary N) is 1. The molecule has 1 aromatic carbocycles. The maximum atomic E-state index is 13.6. The molecule has 0 bridgehead atoms. The fourth-order valence-corrected chi connectivity index (χ4v) is 3.61. The molecule has 4 aromatic rings. The molecule has 0 fully saturated rings. The van der Waals surface area contributed by atoms with Crippen LogP contribution < -0.4 is 10.1 Å². The Morgan fingerprint density at radius 1 is 0.975 bits per heavy atom. The second kappa shape index (κ2) is 10.9. The number of amides is 1. The number of benzene rings is 1. The maximum absolute atomic E-state index is 13.6. The number of ether oxygens (including phenoxy) is 2. The molecule has 0 spiro atoms. The predicted molar refractivity (Wildman–Crippen MR) is 142 cm³/mol. The lowest BCUT2D eigenvalue weighted by atomic mass is 9.95. The summed E-state index contributed by atoms with van der Waals surface area (Å²) in [6.45, 7) is 8.47. The van der Waals surface area contributed by atoms with Crippen molar-refractivity contribution in [1.29, 1.82) is 0 Å². The lowest BCUT2D eigenvalue weighted by molar-refractivity contribution is -0.145. The molecule has 0 aliphatic heterocycles. The van der Waals surface area contributed by atoms with Crippen LogP contribution in [0.25, 0.3) is 28.2 Å². The van der Waals surface area contributed by atoms with Gasteiger partial charge in [-0.2, -0.15) is 18.3 Å². The fraction of sp³-hybridized carbons (Fsp3) is 0.321. The zero-order valence-corrected chi connectivity index (χ0v) is 22.6. The Balaban J connectivity index is 1.68. The normalized spacial score (nSPS) is 11.9. The number of carbonyl (C=O) groups excluding carboxylic acids is 2. The van der Waals surface area contributed by atoms with Crippen molar-refractivity contribution in [2.24, 2.45) is 5.41 Å². The second-order valence-electron chi connectivity index (χ2n) is 10.1. The Morgan fingerprint density at radius 2 is 1.73 bits per heavy atom. The van der Waals surface area contributed by atoms with Gasteiger partial charge in [-0.05, 0) is 43.7 Å². The van der Waals surface area contributed by atoms with Crippen LogP contribution in [0, 0.1) is 12.3 Å². The van der Waals surface area contributed by atoms with E-state index < -0.39 is 35.7 Å². The van der Waals surface area contributed by atoms with Crippen LogP contribution in [-0.4, -0.2) is 44.7 Å². The molecule has 0 aliphatic carbocycles. The molecule has 3 aromatic heterocycles. The highest BCUT2D eigenvalue weighted by Crippen LogP contribution is 2.33. The molecule has 0 saturated carbocycles. The van der Waals surface area contributed by atoms with E-state index >= 15 is 0 Å². The number of esters is 1. The van der Waals surface area contributed by atoms with E-state index in [2.05, 4.69) is 20.4 Å². The predicted octanol–water partition coefficient (Wildman–Crippen LogP) is 5.71. The molecular weight excluding hydrogens is 527 g/mol. The van der Waals surface area contributed by atoms with Gasteiger partial charge in [0.25, 0.3) is 0 Å². The Hall–Kier alpha value is -4.48. The molecule has 1 N–H and O–H groups in total. The first-order chi connectivity index (χ1) is 18.7. The van der Waals surface area contributed by atoms with Gasteiger partial charge in [0.2, 0.25) is 11.8 Å². The van der Waals surface area contributed by atoms with Gasteiger partial charge in [-0.1, -0.05) is 32.9 Å². The minimum absolute atomic E-state index is 0.0841. The number of pyridine rings is 1. The van der Waals surface area contributed by atoms with Gasteiger partial charge in [0, 0.05) is 28.3 Å². The van der Waals surface area contributed by atoms with Crippen LogP contribution in [-0.2, 0) is 20.5 Å². The molecule has 40 heavy (non-hydrogen) atoms. The van der Waals surface area contributed by atoms with E-state index in [1.807, 2.05) is 45.9 Å². The van der Waals surface area contributed by atoms with Crippen molar-refractivity contribution in [1.82, 2.24) is 19.6 Å². The van der Waals surface area contributed by atoms with Crippen LogP contribution in [0.1, 0.15) is 39.0 Å². The molecule has 210 valence electrons. The summed E-state index contributed by atoms with van der Waals surface area (Å²) < 4.78 is 52.1. The standard InChI is InChI=1S/C28H28F3N5O4/c1-6-39-25(37)15-40-24-13-18(12-22(34-24)28(29,30)31)19-9-10-23-32-21(14-36(23)35-19)17-8-7-16(2)20(11-17)33-26(38)27(3,4)5/h7-14H,6,15H2,1-5H3,(H,33,38). The van der Waals surface area contributed by atoms with E-state index in [4.69, 9.17) is 9.47 Å². The smallest absolute Gasteiger partial charge is 0.433 e. The number of hydrogen-bond acceptors (Lipinski definition) is 7. The molecule has 0 radical (unpaired) electrons. The van der Waals surface area contributed by atoms with E-state index in [0.717, 1.165) is 17.2 Å². The van der Waals surface area contributed by atoms with Crippen LogP contribution in [0.4, 0.5) is 18.9 Å². The van der Waals surface area contributed by atoms with Crippen molar-refractivity contribution in [2.75, 3.05) is 18.5 Å². The summed E-state index contributed by atoms with van der Waals surface area (Å²) in [6.07, 6.45) is -3.11. The van der Waals surface area contributed by atoms with Gasteiger partial charge < -0.3 is 14.8 Å². The lowest BCUT2D eigenvalue weighted by Crippen LogP contribution is -2.27. The van der Waals surface area contributed by atoms with Gasteiger partial charge >= 0.3 is 12.1 Å². The molecule has 0 unspecified atom stereocenters. The van der Waals surface area contributed by atoms with Gasteiger partial charge in [-0.3, -0.25) is 4.79 Å². The third-order valence-corrected chi connectivity index (χ3v) is 5.81. The van der Waals surface area contributed by atoms with Crippen molar-refractivity contribution in [2.45, 2.75) is 40.8 Å². The topological polar surface area (TPSA) is 108 Å². The number of rotatable bonds is 7. The van der Waals surface area contributed by atoms with Gasteiger partial charge in [-0.25, -0.2) is 19.3 Å². The van der Waals surface area contributed by atoms with Crippen LogP contribution >= 0.6 is 0 Å². The molecule has 0 aliphatic rings. The van der Waals surface area contributed by atoms with Crippen LogP contribution in [0.15, 0.2) is 48.7 Å². The average Bonchev–Trinajstić information content (AvgIpc) is 3.31. The molecule has 9 nitrogen and oxygen atoms in total. The zero-order valence-electron chi connectivity index (χ0n) is 22.6. The van der Waals surface area contributed by atoms with Crippen LogP contribution in [0.3, 0.4) is 0 Å². The summed E-state index contributed by atoms with van der Waals surface area (Å²) >= 11 is 0. The number of aryl methyl sites for hydroxylation is 1. The Morgan fingerprint density at radius 3 is 2.40 bits per heavy atom. The molecule has 3 heterocycles. The number of anilines is 1. The van der Waals surface area contributed by atoms with Gasteiger partial charge in [0.05, 0.1) is 24.2 Å². The number of fused-ring (bicyclic) bond motifs is 1. The van der Waals surface area contributed by atoms with Crippen molar-refractivity contribution < 1.29 is 32.2 Å². The lowest BCUT2D eigenvalue weighted by Gasteiger charge is -2.19. The van der Waals surface area contributed by atoms with Crippen LogP contribution in [0.2, 0.25) is 0 Å². The summed E-state index contributed by atoms with van der Waals surface area (Å²) in [6, 6.07) is 10.8. The molecule has 0 saturated heterocycles. The van der Waals surface area contributed by atoms with Gasteiger partial charge in [-0.15, -0.1) is 0 Å². The molecule has 12 heteroatoms. The first kappa shape index (κ1) is 28.5. The van der Waals surface area contributed by atoms with E-state index in [0.29, 0.717) is 17.0 Å². The number of alkyl halides is 3. The zero-order chi connectivity index (χ0) is 29.2. The summed E-state index contributed by atoms with van der Waals surface area (Å²) in [7, 11) is 0. The first-order valence-electron chi connectivity index (χ1n) is 12.4. The number of halogens is 3. The first-order valence-corrected chi connectivity index (χ1v) is 12.4. The number of imidazole rings is 1. The van der Waals surface area contributed by atoms with Crippen molar-refractivity contribution in [3.63, 3.8) is 0 Å². The monoisotopic (exact) mass is 555 g/mol. The SMILES string of the molecule is CCOC(=O)COc1cc(-c2ccc3nc(-c4ccc(C)c(NC(=O)C(C)(C)C)c4)cn3n2)cc(C(F)(F)F)n1. The Kier molecular flexibility index (Phi) is 7.81. The van der Waals surface area contributed by atoms with Crippen molar-refractivity contribution >= 4 is 23.2 Å². The Bertz CT molecular complexity index is 1570. The molecule has 1 amide bonds. The fourth-order valence-electron chi connectivity index (χ4n) is 3.61. The second-order valence-corrected chi connectivity index (χ2v) is 10.1. The minimum atomic E-state index is -4.75. The summed E-state index contributed by atoms with van der Waals surface area (Å²) in [5.74, 6) is -1.25. The van der Waals surface area contributed by atoms with E-state index in [1.54, 1.807) is 19.2 Å². The quantitative estimate of drug-likeness (QED) is 0.291. The van der Waals surface area contributed by atoms with E-state index in [9.17, 15) is 22.8 Å². The largest absolute Gasteiger partial charge is 0.466 e. The number of aromatic nitrogens is 4. The van der Waals surface area contributed by atoms with Crippen LogP contribution in [0.5, 0.6) is 5.88 Å². The highest BCUT2D eigenvalue weighted by molar-refractivity contribution is 5.95. The van der Waals surface area contributed by atoms with Crippen molar-refractivity contribution in [3.8, 4) is 28.4 Å². The average molecular weight is 556 g/mol. The number of nitrogens with zero attached hydrogens (tertiary/aromatic N) is 4. The third kappa shape index (κ3) is 6.56. The molecule has 0 atom stereocenters. The maximum Gasteiger partial charge on any atom is 0.433 e. The number of hydrogen-bond donors (Lipinski definition) is 1.